The van der Waals surface area contributed by atoms with Gasteiger partial charge < -0.3 is 24.8 Å². The van der Waals surface area contributed by atoms with Crippen LogP contribution >= 0.6 is 0 Å². The molecule has 1 aliphatic rings. The summed E-state index contributed by atoms with van der Waals surface area (Å²) in [5.41, 5.74) is 0.748. The maximum atomic E-state index is 11.5. The van der Waals surface area contributed by atoms with E-state index in [1.807, 2.05) is 10.8 Å². The lowest BCUT2D eigenvalue weighted by Gasteiger charge is -2.21. The summed E-state index contributed by atoms with van der Waals surface area (Å²) < 4.78 is 35.0. The largest absolute Gasteiger partial charge is 0.497 e. The van der Waals surface area contributed by atoms with E-state index in [0.717, 1.165) is 31.1 Å². The molecule has 2 rings (SSSR count). The Morgan fingerprint density at radius 1 is 1.20 bits per heavy atom. The second-order valence-electron chi connectivity index (χ2n) is 9.18. The number of sulfonamides is 1. The number of hydrogen-bond acceptors (Lipinski definition) is 8. The first-order valence-corrected chi connectivity index (χ1v) is 13.9. The molecule has 9 nitrogen and oxygen atoms in total. The van der Waals surface area contributed by atoms with E-state index in [0.29, 0.717) is 24.3 Å². The minimum Gasteiger partial charge on any atom is -0.497 e. The summed E-state index contributed by atoms with van der Waals surface area (Å²) in [6.07, 6.45) is 4.48. The molecule has 0 aromatic heterocycles. The third-order valence-electron chi connectivity index (χ3n) is 6.21. The standard InChI is InChI=1S/C25H39NO8S/c1-17(34-19-10-8-9-18(15-19)33-2)22(27)14-13-21-20(23(28)16-24(21)29)11-6-4-5-7-12-25(30)26-35(3,31)32/h8-10,13,15,17,20,22-24,27-29H,4-7,11-12,14,16H2,1-3H3,(H,26,30)/b21-13+/t17?,20-,22?,23+,24-/m1/s1. The van der Waals surface area contributed by atoms with Crippen LogP contribution in [0.4, 0.5) is 0 Å². The van der Waals surface area contributed by atoms with Crippen LogP contribution in [-0.2, 0) is 14.8 Å². The van der Waals surface area contributed by atoms with Crippen LogP contribution in [-0.4, -0.2) is 67.4 Å². The van der Waals surface area contributed by atoms with Crippen LogP contribution in [0.2, 0.25) is 0 Å². The molecule has 2 unspecified atom stereocenters. The molecule has 0 saturated heterocycles. The summed E-state index contributed by atoms with van der Waals surface area (Å²) in [5.74, 6) is 0.566. The van der Waals surface area contributed by atoms with Gasteiger partial charge >= 0.3 is 0 Å². The highest BCUT2D eigenvalue weighted by Gasteiger charge is 2.36. The molecule has 0 radical (unpaired) electrons. The minimum absolute atomic E-state index is 0.150. The average molecular weight is 514 g/mol. The molecule has 1 saturated carbocycles. The molecule has 35 heavy (non-hydrogen) atoms. The normalized spacial score (nSPS) is 23.1. The van der Waals surface area contributed by atoms with Gasteiger partial charge in [-0.25, -0.2) is 8.42 Å². The van der Waals surface area contributed by atoms with Gasteiger partial charge in [0, 0.05) is 24.8 Å². The molecule has 0 bridgehead atoms. The number of benzene rings is 1. The Bertz CT molecular complexity index is 949. The van der Waals surface area contributed by atoms with Gasteiger partial charge in [0.25, 0.3) is 0 Å². The Kier molecular flexibility index (Phi) is 11.5. The first-order valence-electron chi connectivity index (χ1n) is 12.1. The highest BCUT2D eigenvalue weighted by atomic mass is 32.2. The molecule has 1 amide bonds. The first kappa shape index (κ1) is 29.1. The molecule has 0 spiro atoms. The molecule has 5 atom stereocenters. The smallest absolute Gasteiger partial charge is 0.233 e. The molecule has 198 valence electrons. The van der Waals surface area contributed by atoms with E-state index < -0.39 is 40.3 Å². The summed E-state index contributed by atoms with van der Waals surface area (Å²) in [6.45, 7) is 1.77. The lowest BCUT2D eigenvalue weighted by atomic mass is 9.92. The molecule has 10 heteroatoms. The zero-order valence-corrected chi connectivity index (χ0v) is 21.5. The van der Waals surface area contributed by atoms with Crippen molar-refractivity contribution < 1.29 is 38.0 Å². The van der Waals surface area contributed by atoms with Crippen LogP contribution < -0.4 is 14.2 Å². The number of nitrogens with one attached hydrogen (secondary N) is 1. The highest BCUT2D eigenvalue weighted by molar-refractivity contribution is 7.89. The summed E-state index contributed by atoms with van der Waals surface area (Å²) in [6, 6.07) is 7.14. The van der Waals surface area contributed by atoms with E-state index in [1.54, 1.807) is 38.3 Å². The average Bonchev–Trinajstić information content (AvgIpc) is 3.05. The number of aliphatic hydroxyl groups excluding tert-OH is 3. The van der Waals surface area contributed by atoms with Gasteiger partial charge in [-0.1, -0.05) is 31.4 Å². The van der Waals surface area contributed by atoms with Crippen molar-refractivity contribution in [1.82, 2.24) is 4.72 Å². The van der Waals surface area contributed by atoms with Crippen molar-refractivity contribution in [2.45, 2.75) is 82.7 Å². The lowest BCUT2D eigenvalue weighted by molar-refractivity contribution is -0.119. The summed E-state index contributed by atoms with van der Waals surface area (Å²) in [4.78, 5) is 11.5. The molecule has 0 heterocycles. The van der Waals surface area contributed by atoms with Gasteiger partial charge in [0.2, 0.25) is 15.9 Å². The summed E-state index contributed by atoms with van der Waals surface area (Å²) >= 11 is 0. The number of carbonyl (C=O) groups excluding carboxylic acids is 1. The van der Waals surface area contributed by atoms with Gasteiger partial charge in [-0.2, -0.15) is 0 Å². The Labute approximate surface area is 208 Å². The Hall–Kier alpha value is -2.14. The van der Waals surface area contributed by atoms with E-state index in [1.165, 1.54) is 0 Å². The minimum atomic E-state index is -3.52. The SMILES string of the molecule is COc1cccc(OC(C)C(O)C/C=C2/[C@H](O)C[C@H](O)[C@@H]2CCCCCCC(=O)NS(C)(=O)=O)c1. The first-order chi connectivity index (χ1) is 16.5. The van der Waals surface area contributed by atoms with Crippen LogP contribution in [0.1, 0.15) is 58.3 Å². The number of unbranched alkanes of at least 4 members (excludes halogenated alkanes) is 3. The van der Waals surface area contributed by atoms with E-state index >= 15 is 0 Å². The fraction of sp³-hybridized carbons (Fsp3) is 0.640. The third-order valence-corrected chi connectivity index (χ3v) is 6.81. The third kappa shape index (κ3) is 10.2. The van der Waals surface area contributed by atoms with Crippen LogP contribution in [0.25, 0.3) is 0 Å². The van der Waals surface area contributed by atoms with Crippen molar-refractivity contribution in [3.8, 4) is 11.5 Å². The van der Waals surface area contributed by atoms with Gasteiger partial charge in [0.15, 0.2) is 0 Å². The van der Waals surface area contributed by atoms with Crippen LogP contribution in [0.5, 0.6) is 11.5 Å². The maximum Gasteiger partial charge on any atom is 0.233 e. The van der Waals surface area contributed by atoms with Crippen LogP contribution in [0, 0.1) is 5.92 Å². The highest BCUT2D eigenvalue weighted by Crippen LogP contribution is 2.36. The van der Waals surface area contributed by atoms with Crippen LogP contribution in [0.3, 0.4) is 0 Å². The monoisotopic (exact) mass is 513 g/mol. The summed E-state index contributed by atoms with van der Waals surface area (Å²) in [5, 5.41) is 31.4. The predicted octanol–water partition coefficient (Wildman–Crippen LogP) is 2.30. The number of aliphatic hydroxyl groups is 3. The molecule has 1 fully saturated rings. The molecule has 1 aromatic carbocycles. The number of carbonyl (C=O) groups is 1. The molecule has 0 aliphatic heterocycles. The Morgan fingerprint density at radius 2 is 1.89 bits per heavy atom. The Balaban J connectivity index is 1.80. The van der Waals surface area contributed by atoms with Crippen LogP contribution in [0.15, 0.2) is 35.9 Å². The topological polar surface area (TPSA) is 142 Å². The second-order valence-corrected chi connectivity index (χ2v) is 10.9. The van der Waals surface area contributed by atoms with Crippen molar-refractivity contribution in [2.75, 3.05) is 13.4 Å². The lowest BCUT2D eigenvalue weighted by Crippen LogP contribution is -2.28. The summed E-state index contributed by atoms with van der Waals surface area (Å²) in [7, 11) is -1.95. The van der Waals surface area contributed by atoms with Gasteiger partial charge in [-0.3, -0.25) is 9.52 Å². The molecule has 1 aromatic rings. The van der Waals surface area contributed by atoms with E-state index in [9.17, 15) is 28.5 Å². The van der Waals surface area contributed by atoms with Crippen molar-refractivity contribution in [3.63, 3.8) is 0 Å². The van der Waals surface area contributed by atoms with Gasteiger partial charge in [-0.15, -0.1) is 0 Å². The predicted molar refractivity (Wildman–Crippen MR) is 133 cm³/mol. The number of rotatable bonds is 14. The number of ether oxygens (including phenoxy) is 2. The number of methoxy groups -OCH3 is 1. The fourth-order valence-corrected chi connectivity index (χ4v) is 4.84. The van der Waals surface area contributed by atoms with Gasteiger partial charge in [-0.05, 0) is 43.9 Å². The van der Waals surface area contributed by atoms with Gasteiger partial charge in [0.05, 0.1) is 31.7 Å². The van der Waals surface area contributed by atoms with E-state index in [-0.39, 0.29) is 25.2 Å². The molecular formula is C25H39NO8S. The van der Waals surface area contributed by atoms with Crippen molar-refractivity contribution in [3.05, 3.63) is 35.9 Å². The van der Waals surface area contributed by atoms with Crippen molar-refractivity contribution in [2.24, 2.45) is 5.92 Å². The molecule has 4 N–H and O–H groups in total. The zero-order chi connectivity index (χ0) is 26.0. The number of hydrogen-bond donors (Lipinski definition) is 4. The second kappa shape index (κ2) is 13.8. The Morgan fingerprint density at radius 3 is 2.57 bits per heavy atom. The van der Waals surface area contributed by atoms with Crippen molar-refractivity contribution >= 4 is 15.9 Å². The van der Waals surface area contributed by atoms with Gasteiger partial charge in [0.1, 0.15) is 17.6 Å². The quantitative estimate of drug-likeness (QED) is 0.219. The number of amides is 1. The van der Waals surface area contributed by atoms with Crippen molar-refractivity contribution in [1.29, 1.82) is 0 Å². The van der Waals surface area contributed by atoms with E-state index in [4.69, 9.17) is 9.47 Å². The molecule has 1 aliphatic carbocycles. The fourth-order valence-electron chi connectivity index (χ4n) is 4.32. The zero-order valence-electron chi connectivity index (χ0n) is 20.7. The maximum absolute atomic E-state index is 11.5. The molecular weight excluding hydrogens is 474 g/mol. The van der Waals surface area contributed by atoms with E-state index in [2.05, 4.69) is 0 Å².